The maximum Gasteiger partial charge on any atom is 0.253 e. The van der Waals surface area contributed by atoms with Crippen molar-refractivity contribution in [3.05, 3.63) is 47.3 Å². The van der Waals surface area contributed by atoms with Crippen molar-refractivity contribution in [2.24, 2.45) is 5.92 Å². The van der Waals surface area contributed by atoms with Crippen LogP contribution >= 0.6 is 0 Å². The fraction of sp³-hybridized carbons (Fsp3) is 0.474. The molecule has 0 radical (unpaired) electrons. The molecule has 6 nitrogen and oxygen atoms in total. The highest BCUT2D eigenvalue weighted by Crippen LogP contribution is 2.23. The molecule has 2 atom stereocenters. The fourth-order valence-electron chi connectivity index (χ4n) is 3.45. The SMILES string of the molecule is Cc1[nH]ncc1C(C)Nc1cccc(C(=O)N2CCCC(CO)C2)c1. The smallest absolute Gasteiger partial charge is 0.253 e. The van der Waals surface area contributed by atoms with Gasteiger partial charge in [-0.05, 0) is 50.8 Å². The molecule has 134 valence electrons. The van der Waals surface area contributed by atoms with Gasteiger partial charge >= 0.3 is 0 Å². The number of nitrogens with zero attached hydrogens (tertiary/aromatic N) is 2. The van der Waals surface area contributed by atoms with Crippen molar-refractivity contribution in [3.63, 3.8) is 0 Å². The standard InChI is InChI=1S/C19H26N4O2/c1-13(18-10-20-22-14(18)2)21-17-7-3-6-16(9-17)19(25)23-8-4-5-15(11-23)12-24/h3,6-7,9-10,13,15,21,24H,4-5,8,11-12H2,1-2H3,(H,20,22). The number of hydrogen-bond acceptors (Lipinski definition) is 4. The predicted octanol–water partition coefficient (Wildman–Crippen LogP) is 2.74. The Kier molecular flexibility index (Phi) is 5.38. The number of aliphatic hydroxyl groups excluding tert-OH is 1. The van der Waals surface area contributed by atoms with Crippen LogP contribution in [0.1, 0.15) is 47.4 Å². The highest BCUT2D eigenvalue weighted by molar-refractivity contribution is 5.95. The number of likely N-dealkylation sites (tertiary alicyclic amines) is 1. The Bertz CT molecular complexity index is 728. The second kappa shape index (κ2) is 7.70. The van der Waals surface area contributed by atoms with Gasteiger partial charge in [-0.3, -0.25) is 9.89 Å². The molecule has 3 rings (SSSR count). The van der Waals surface area contributed by atoms with E-state index in [9.17, 15) is 9.90 Å². The summed E-state index contributed by atoms with van der Waals surface area (Å²) in [7, 11) is 0. The number of amides is 1. The monoisotopic (exact) mass is 342 g/mol. The van der Waals surface area contributed by atoms with Gasteiger partial charge in [0.1, 0.15) is 0 Å². The van der Waals surface area contributed by atoms with Crippen molar-refractivity contribution < 1.29 is 9.90 Å². The molecule has 2 aromatic rings. The number of carbonyl (C=O) groups is 1. The van der Waals surface area contributed by atoms with Gasteiger partial charge in [0, 0.05) is 42.2 Å². The van der Waals surface area contributed by atoms with Crippen LogP contribution in [0.25, 0.3) is 0 Å². The molecule has 25 heavy (non-hydrogen) atoms. The van der Waals surface area contributed by atoms with E-state index in [1.54, 1.807) is 0 Å². The minimum Gasteiger partial charge on any atom is -0.396 e. The molecule has 0 bridgehead atoms. The Hall–Kier alpha value is -2.34. The second-order valence-electron chi connectivity index (χ2n) is 6.84. The fourth-order valence-corrected chi connectivity index (χ4v) is 3.45. The maximum atomic E-state index is 12.8. The van der Waals surface area contributed by atoms with E-state index in [4.69, 9.17) is 0 Å². The van der Waals surface area contributed by atoms with Crippen LogP contribution in [0.4, 0.5) is 5.69 Å². The summed E-state index contributed by atoms with van der Waals surface area (Å²) in [6.07, 6.45) is 3.76. The van der Waals surface area contributed by atoms with E-state index in [0.29, 0.717) is 12.1 Å². The van der Waals surface area contributed by atoms with Crippen molar-refractivity contribution in [1.82, 2.24) is 15.1 Å². The minimum atomic E-state index is 0.0361. The molecule has 1 amide bonds. The lowest BCUT2D eigenvalue weighted by Crippen LogP contribution is -2.40. The van der Waals surface area contributed by atoms with E-state index in [1.165, 1.54) is 0 Å². The minimum absolute atomic E-state index is 0.0361. The first kappa shape index (κ1) is 17.5. The first-order valence-corrected chi connectivity index (χ1v) is 8.85. The Labute approximate surface area is 148 Å². The molecular weight excluding hydrogens is 316 g/mol. The van der Waals surface area contributed by atoms with E-state index in [2.05, 4.69) is 22.4 Å². The third kappa shape index (κ3) is 4.02. The van der Waals surface area contributed by atoms with Gasteiger partial charge in [-0.15, -0.1) is 0 Å². The lowest BCUT2D eigenvalue weighted by Gasteiger charge is -2.32. The first-order valence-electron chi connectivity index (χ1n) is 8.85. The highest BCUT2D eigenvalue weighted by atomic mass is 16.3. The number of rotatable bonds is 5. The van der Waals surface area contributed by atoms with Crippen LogP contribution in [0.15, 0.2) is 30.5 Å². The zero-order valence-electron chi connectivity index (χ0n) is 14.8. The molecule has 2 unspecified atom stereocenters. The molecule has 0 aliphatic carbocycles. The number of aromatic nitrogens is 2. The first-order chi connectivity index (χ1) is 12.1. The third-order valence-corrected chi connectivity index (χ3v) is 4.89. The number of aliphatic hydroxyl groups is 1. The summed E-state index contributed by atoms with van der Waals surface area (Å²) >= 11 is 0. The summed E-state index contributed by atoms with van der Waals surface area (Å²) in [6.45, 7) is 5.61. The molecule has 1 fully saturated rings. The molecular formula is C19H26N4O2. The Balaban J connectivity index is 1.70. The average Bonchev–Trinajstić information content (AvgIpc) is 3.07. The van der Waals surface area contributed by atoms with E-state index < -0.39 is 0 Å². The van der Waals surface area contributed by atoms with Gasteiger partial charge in [-0.2, -0.15) is 5.10 Å². The summed E-state index contributed by atoms with van der Waals surface area (Å²) in [4.78, 5) is 14.6. The zero-order valence-corrected chi connectivity index (χ0v) is 14.8. The van der Waals surface area contributed by atoms with Crippen LogP contribution in [0.5, 0.6) is 0 Å². The number of aromatic amines is 1. The molecule has 1 aromatic heterocycles. The van der Waals surface area contributed by atoms with Crippen molar-refractivity contribution >= 4 is 11.6 Å². The van der Waals surface area contributed by atoms with Gasteiger partial charge in [-0.1, -0.05) is 6.07 Å². The molecule has 0 saturated carbocycles. The van der Waals surface area contributed by atoms with Gasteiger partial charge < -0.3 is 15.3 Å². The van der Waals surface area contributed by atoms with Crippen LogP contribution in [0, 0.1) is 12.8 Å². The normalized spacial score (nSPS) is 18.8. The second-order valence-corrected chi connectivity index (χ2v) is 6.84. The van der Waals surface area contributed by atoms with E-state index in [0.717, 1.165) is 36.3 Å². The predicted molar refractivity (Wildman–Crippen MR) is 97.5 cm³/mol. The zero-order chi connectivity index (χ0) is 17.8. The van der Waals surface area contributed by atoms with Crippen molar-refractivity contribution in [2.75, 3.05) is 25.0 Å². The molecule has 2 heterocycles. The Morgan fingerprint density at radius 3 is 3.08 bits per heavy atom. The number of piperidine rings is 1. The number of aryl methyl sites for hydroxylation is 1. The van der Waals surface area contributed by atoms with Crippen molar-refractivity contribution in [2.45, 2.75) is 32.7 Å². The molecule has 0 spiro atoms. The molecule has 3 N–H and O–H groups in total. The van der Waals surface area contributed by atoms with Gasteiger partial charge in [0.05, 0.1) is 12.2 Å². The molecule has 1 aromatic carbocycles. The van der Waals surface area contributed by atoms with Crippen molar-refractivity contribution in [3.8, 4) is 0 Å². The lowest BCUT2D eigenvalue weighted by molar-refractivity contribution is 0.0621. The molecule has 1 aliphatic rings. The Morgan fingerprint density at radius 1 is 1.52 bits per heavy atom. The number of carbonyl (C=O) groups excluding carboxylic acids is 1. The molecule has 1 saturated heterocycles. The molecule has 6 heteroatoms. The largest absolute Gasteiger partial charge is 0.396 e. The number of benzene rings is 1. The lowest BCUT2D eigenvalue weighted by atomic mass is 9.98. The topological polar surface area (TPSA) is 81.2 Å². The summed E-state index contributed by atoms with van der Waals surface area (Å²) in [5.41, 5.74) is 3.74. The van der Waals surface area contributed by atoms with Gasteiger partial charge in [0.15, 0.2) is 0 Å². The quantitative estimate of drug-likeness (QED) is 0.780. The number of nitrogens with one attached hydrogen (secondary N) is 2. The van der Waals surface area contributed by atoms with Crippen LogP contribution < -0.4 is 5.32 Å². The van der Waals surface area contributed by atoms with Crippen LogP contribution in [-0.4, -0.2) is 45.8 Å². The molecule has 1 aliphatic heterocycles. The summed E-state index contributed by atoms with van der Waals surface area (Å²) in [6, 6.07) is 7.71. The summed E-state index contributed by atoms with van der Waals surface area (Å²) in [5, 5.41) is 19.8. The number of H-pyrrole nitrogens is 1. The highest BCUT2D eigenvalue weighted by Gasteiger charge is 2.24. The number of hydrogen-bond donors (Lipinski definition) is 3. The van der Waals surface area contributed by atoms with E-state index in [-0.39, 0.29) is 24.5 Å². The average molecular weight is 342 g/mol. The summed E-state index contributed by atoms with van der Waals surface area (Å²) < 4.78 is 0. The number of anilines is 1. The van der Waals surface area contributed by atoms with Crippen LogP contribution in [-0.2, 0) is 0 Å². The van der Waals surface area contributed by atoms with E-state index >= 15 is 0 Å². The van der Waals surface area contributed by atoms with Crippen LogP contribution in [0.2, 0.25) is 0 Å². The third-order valence-electron chi connectivity index (χ3n) is 4.89. The van der Waals surface area contributed by atoms with Gasteiger partial charge in [-0.25, -0.2) is 0 Å². The Morgan fingerprint density at radius 2 is 2.36 bits per heavy atom. The van der Waals surface area contributed by atoms with Crippen molar-refractivity contribution in [1.29, 1.82) is 0 Å². The van der Waals surface area contributed by atoms with Crippen LogP contribution in [0.3, 0.4) is 0 Å². The summed E-state index contributed by atoms with van der Waals surface area (Å²) in [5.74, 6) is 0.233. The van der Waals surface area contributed by atoms with Gasteiger partial charge in [0.2, 0.25) is 0 Å². The van der Waals surface area contributed by atoms with E-state index in [1.807, 2.05) is 42.3 Å². The maximum absolute atomic E-state index is 12.8. The van der Waals surface area contributed by atoms with Gasteiger partial charge in [0.25, 0.3) is 5.91 Å².